The smallest absolute Gasteiger partial charge is 0.305 e. The van der Waals surface area contributed by atoms with Crippen molar-refractivity contribution in [2.75, 3.05) is 26.8 Å². The first-order chi connectivity index (χ1) is 24.1. The standard InChI is InChI=1S/C41H48FN3O5/c1-26-20-27(2)28(3)37(21-26)50-19-18-29-12-14-30(15-13-29)34-22-32-24-44(38(46)10-7-11-39(47)49-4)25-36(43-32)40(34)41(48)45(33-16-17-33)23-31-8-5-6-9-35(31)42/h5-6,8-9,12-15,20-21,32-33,36,43H,7,10-11,16-19,22-25H2,1-4H3/t32-,36-/m1/s1. The van der Waals surface area contributed by atoms with Gasteiger partial charge in [-0.15, -0.1) is 0 Å². The molecule has 1 N–H and O–H groups in total. The van der Waals surface area contributed by atoms with Gasteiger partial charge in [0.2, 0.25) is 5.91 Å². The third-order valence-corrected chi connectivity index (χ3v) is 10.2. The van der Waals surface area contributed by atoms with Crippen molar-refractivity contribution in [2.45, 2.75) is 90.4 Å². The van der Waals surface area contributed by atoms with Gasteiger partial charge in [0.05, 0.1) is 19.8 Å². The van der Waals surface area contributed by atoms with E-state index >= 15 is 0 Å². The minimum absolute atomic E-state index is 0.0279. The number of aryl methyl sites for hydroxylation is 2. The number of nitrogens with zero attached hydrogens (tertiary/aromatic N) is 2. The number of amides is 2. The first-order valence-electron chi connectivity index (χ1n) is 17.8. The van der Waals surface area contributed by atoms with E-state index in [0.29, 0.717) is 43.7 Å². The van der Waals surface area contributed by atoms with Gasteiger partial charge in [-0.05, 0) is 92.0 Å². The van der Waals surface area contributed by atoms with E-state index in [1.54, 1.807) is 18.2 Å². The molecule has 264 valence electrons. The fraction of sp³-hybridized carbons (Fsp3) is 0.439. The third-order valence-electron chi connectivity index (χ3n) is 10.2. The van der Waals surface area contributed by atoms with Crippen molar-refractivity contribution in [1.29, 1.82) is 0 Å². The summed E-state index contributed by atoms with van der Waals surface area (Å²) in [5.74, 6) is 0.119. The fourth-order valence-electron chi connectivity index (χ4n) is 7.23. The molecule has 2 amide bonds. The highest BCUT2D eigenvalue weighted by atomic mass is 19.1. The average molecular weight is 682 g/mol. The summed E-state index contributed by atoms with van der Waals surface area (Å²) >= 11 is 0. The van der Waals surface area contributed by atoms with Crippen LogP contribution in [0.1, 0.15) is 71.9 Å². The summed E-state index contributed by atoms with van der Waals surface area (Å²) in [6.45, 7) is 7.88. The number of carbonyl (C=O) groups excluding carboxylic acids is 3. The van der Waals surface area contributed by atoms with Crippen LogP contribution in [0.5, 0.6) is 5.75 Å². The molecule has 0 spiro atoms. The lowest BCUT2D eigenvalue weighted by Gasteiger charge is -2.45. The van der Waals surface area contributed by atoms with Crippen LogP contribution in [0.4, 0.5) is 4.39 Å². The summed E-state index contributed by atoms with van der Waals surface area (Å²) in [6.07, 6.45) is 3.93. The Balaban J connectivity index is 1.25. The number of halogens is 1. The lowest BCUT2D eigenvalue weighted by Crippen LogP contribution is -2.62. The fourth-order valence-corrected chi connectivity index (χ4v) is 7.23. The van der Waals surface area contributed by atoms with Crippen molar-refractivity contribution in [3.05, 3.63) is 105 Å². The Morgan fingerprint density at radius 1 is 0.980 bits per heavy atom. The van der Waals surface area contributed by atoms with E-state index in [1.807, 2.05) is 9.80 Å². The second-order valence-corrected chi connectivity index (χ2v) is 14.0. The molecule has 2 heterocycles. The quantitative estimate of drug-likeness (QED) is 0.215. The number of hydrogen-bond acceptors (Lipinski definition) is 6. The SMILES string of the molecule is COC(=O)CCCC(=O)N1C[C@H]2CC(c3ccc(CCOc4cc(C)cc(C)c4C)cc3)=C(C(=O)N(Cc3ccccc3F)C3CC3)[C@@H](C1)N2. The van der Waals surface area contributed by atoms with Gasteiger partial charge in [0.15, 0.2) is 0 Å². The molecule has 8 nitrogen and oxygen atoms in total. The van der Waals surface area contributed by atoms with Gasteiger partial charge < -0.3 is 24.6 Å². The van der Waals surface area contributed by atoms with Crippen molar-refractivity contribution in [2.24, 2.45) is 0 Å². The number of nitrogens with one attached hydrogen (secondary N) is 1. The van der Waals surface area contributed by atoms with E-state index in [9.17, 15) is 18.8 Å². The summed E-state index contributed by atoms with van der Waals surface area (Å²) in [5.41, 5.74) is 7.80. The Morgan fingerprint density at radius 2 is 1.74 bits per heavy atom. The highest BCUT2D eigenvalue weighted by molar-refractivity contribution is 6.03. The monoisotopic (exact) mass is 681 g/mol. The van der Waals surface area contributed by atoms with E-state index in [4.69, 9.17) is 9.47 Å². The van der Waals surface area contributed by atoms with Gasteiger partial charge in [-0.3, -0.25) is 14.4 Å². The van der Waals surface area contributed by atoms with Crippen LogP contribution in [0.15, 0.2) is 66.2 Å². The molecule has 9 heteroatoms. The van der Waals surface area contributed by atoms with Gasteiger partial charge >= 0.3 is 5.97 Å². The van der Waals surface area contributed by atoms with Crippen molar-refractivity contribution in [3.63, 3.8) is 0 Å². The van der Waals surface area contributed by atoms with E-state index in [0.717, 1.165) is 47.3 Å². The molecule has 0 radical (unpaired) electrons. The average Bonchev–Trinajstić information content (AvgIpc) is 3.95. The maximum absolute atomic E-state index is 14.8. The molecule has 3 aromatic rings. The van der Waals surface area contributed by atoms with E-state index < -0.39 is 0 Å². The van der Waals surface area contributed by atoms with E-state index in [2.05, 4.69) is 62.5 Å². The highest BCUT2D eigenvalue weighted by Gasteiger charge is 2.43. The van der Waals surface area contributed by atoms with E-state index in [-0.39, 0.29) is 61.1 Å². The highest BCUT2D eigenvalue weighted by Crippen LogP contribution is 2.38. The molecule has 3 aliphatic rings. The van der Waals surface area contributed by atoms with Crippen LogP contribution in [0, 0.1) is 26.6 Å². The normalized spacial score (nSPS) is 18.5. The Bertz CT molecular complexity index is 1770. The second-order valence-electron chi connectivity index (χ2n) is 14.0. The number of ether oxygens (including phenoxy) is 2. The molecule has 3 aromatic carbocycles. The molecule has 2 fully saturated rings. The Morgan fingerprint density at radius 3 is 2.46 bits per heavy atom. The molecule has 6 rings (SSSR count). The van der Waals surface area contributed by atoms with Gasteiger partial charge in [0.1, 0.15) is 11.6 Å². The third kappa shape index (κ3) is 8.27. The number of esters is 1. The lowest BCUT2D eigenvalue weighted by atomic mass is 9.82. The second kappa shape index (κ2) is 15.6. The van der Waals surface area contributed by atoms with Gasteiger partial charge in [0.25, 0.3) is 5.91 Å². The number of methoxy groups -OCH3 is 1. The first kappa shape index (κ1) is 35.3. The summed E-state index contributed by atoms with van der Waals surface area (Å²) < 4.78 is 25.7. The molecular weight excluding hydrogens is 633 g/mol. The van der Waals surface area contributed by atoms with Crippen LogP contribution in [0.2, 0.25) is 0 Å². The minimum Gasteiger partial charge on any atom is -0.493 e. The van der Waals surface area contributed by atoms with E-state index in [1.165, 1.54) is 24.3 Å². The number of benzene rings is 3. The van der Waals surface area contributed by atoms with Crippen LogP contribution in [0.3, 0.4) is 0 Å². The van der Waals surface area contributed by atoms with Crippen molar-refractivity contribution < 1.29 is 28.2 Å². The number of piperazine rings is 1. The zero-order valence-corrected chi connectivity index (χ0v) is 29.6. The van der Waals surface area contributed by atoms with Crippen LogP contribution in [-0.4, -0.2) is 72.5 Å². The first-order valence-corrected chi connectivity index (χ1v) is 17.8. The van der Waals surface area contributed by atoms with Crippen LogP contribution >= 0.6 is 0 Å². The number of hydrogen-bond donors (Lipinski definition) is 1. The van der Waals surface area contributed by atoms with Crippen molar-refractivity contribution in [1.82, 2.24) is 15.1 Å². The summed E-state index contributed by atoms with van der Waals surface area (Å²) in [7, 11) is 1.34. The molecule has 1 saturated heterocycles. The Kier molecular flexibility index (Phi) is 11.0. The predicted octanol–water partition coefficient (Wildman–Crippen LogP) is 6.23. The maximum Gasteiger partial charge on any atom is 0.305 e. The molecule has 0 aromatic heterocycles. The molecule has 1 saturated carbocycles. The molecule has 2 bridgehead atoms. The molecular formula is C41H48FN3O5. The maximum atomic E-state index is 14.8. The summed E-state index contributed by atoms with van der Waals surface area (Å²) in [6, 6.07) is 18.9. The summed E-state index contributed by atoms with van der Waals surface area (Å²) in [4.78, 5) is 43.3. The van der Waals surface area contributed by atoms with Gasteiger partial charge in [-0.1, -0.05) is 48.5 Å². The molecule has 1 aliphatic carbocycles. The number of carbonyl (C=O) groups is 3. The lowest BCUT2D eigenvalue weighted by molar-refractivity contribution is -0.141. The molecule has 2 atom stereocenters. The number of rotatable bonds is 13. The number of fused-ring (bicyclic) bond motifs is 2. The molecule has 2 aliphatic heterocycles. The van der Waals surface area contributed by atoms with Crippen molar-refractivity contribution >= 4 is 23.4 Å². The van der Waals surface area contributed by atoms with Gasteiger partial charge in [-0.25, -0.2) is 4.39 Å². The zero-order valence-electron chi connectivity index (χ0n) is 29.6. The minimum atomic E-state index is -0.370. The zero-order chi connectivity index (χ0) is 35.4. The Hall–Kier alpha value is -4.50. The van der Waals surface area contributed by atoms with Gasteiger partial charge in [0, 0.05) is 62.1 Å². The predicted molar refractivity (Wildman–Crippen MR) is 191 cm³/mol. The van der Waals surface area contributed by atoms with Gasteiger partial charge in [-0.2, -0.15) is 0 Å². The van der Waals surface area contributed by atoms with Crippen LogP contribution in [0.25, 0.3) is 5.57 Å². The largest absolute Gasteiger partial charge is 0.493 e. The molecule has 50 heavy (non-hydrogen) atoms. The van der Waals surface area contributed by atoms with Crippen LogP contribution in [-0.2, 0) is 32.1 Å². The Labute approximate surface area is 294 Å². The van der Waals surface area contributed by atoms with Crippen molar-refractivity contribution in [3.8, 4) is 5.75 Å². The topological polar surface area (TPSA) is 88.2 Å². The van der Waals surface area contributed by atoms with Crippen LogP contribution < -0.4 is 10.1 Å². The summed E-state index contributed by atoms with van der Waals surface area (Å²) in [5, 5.41) is 3.64. The molecule has 0 unspecified atom stereocenters.